The summed E-state index contributed by atoms with van der Waals surface area (Å²) in [4.78, 5) is 29.2. The number of carbonyl (C=O) groups excluding carboxylic acids is 2. The van der Waals surface area contributed by atoms with Crippen LogP contribution >= 0.6 is 23.2 Å². The second kappa shape index (κ2) is 8.43. The molecule has 2 aromatic carbocycles. The van der Waals surface area contributed by atoms with E-state index in [0.29, 0.717) is 47.8 Å². The van der Waals surface area contributed by atoms with E-state index in [9.17, 15) is 19.1 Å². The van der Waals surface area contributed by atoms with E-state index in [0.717, 1.165) is 4.90 Å². The molecule has 0 saturated carbocycles. The van der Waals surface area contributed by atoms with Crippen molar-refractivity contribution in [3.05, 3.63) is 57.3 Å². The molecule has 2 aliphatic heterocycles. The summed E-state index contributed by atoms with van der Waals surface area (Å²) in [5, 5.41) is 10.6. The largest absolute Gasteiger partial charge is 0.482 e. The van der Waals surface area contributed by atoms with Gasteiger partial charge in [0.25, 0.3) is 5.91 Å². The molecule has 2 fully saturated rings. The van der Waals surface area contributed by atoms with Crippen molar-refractivity contribution in [3.63, 3.8) is 0 Å². The Bertz CT molecular complexity index is 1150. The fraction of sp³-hybridized carbons (Fsp3) is 0.391. The number of hydrogen-bond acceptors (Lipinski definition) is 5. The van der Waals surface area contributed by atoms with Crippen LogP contribution in [0.4, 0.5) is 14.9 Å². The standard InChI is InChI=1S/C23H22Cl2FN3O4/c1-27-11-21(31)29(23(27)32)13-2-3-17(25)20(8-13)33-22-16-6-12(24)7-18(26)15(16)9-19(22)28-5-4-14(30)10-28/h2-3,6-8,14,19,22,30H,4-5,9-11H2,1H3/t14?,19-,22-/m0/s1. The van der Waals surface area contributed by atoms with Gasteiger partial charge in [-0.1, -0.05) is 23.2 Å². The number of aliphatic hydroxyl groups is 1. The van der Waals surface area contributed by atoms with Crippen molar-refractivity contribution in [2.24, 2.45) is 0 Å². The SMILES string of the molecule is CN1CC(=O)N(c2ccc(Cl)c(O[C@H]3c4cc(Cl)cc(F)c4C[C@@H]3N3CCC(O)C3)c2)C1=O. The fourth-order valence-electron chi connectivity index (χ4n) is 4.88. The van der Waals surface area contributed by atoms with Gasteiger partial charge in [0.05, 0.1) is 22.9 Å². The van der Waals surface area contributed by atoms with Gasteiger partial charge in [0.2, 0.25) is 0 Å². The normalized spacial score (nSPS) is 25.3. The van der Waals surface area contributed by atoms with Gasteiger partial charge in [-0.3, -0.25) is 9.69 Å². The van der Waals surface area contributed by atoms with Gasteiger partial charge >= 0.3 is 6.03 Å². The number of amides is 3. The lowest BCUT2D eigenvalue weighted by Crippen LogP contribution is -2.39. The highest BCUT2D eigenvalue weighted by Crippen LogP contribution is 2.43. The number of nitrogens with zero attached hydrogens (tertiary/aromatic N) is 3. The molecule has 0 spiro atoms. The van der Waals surface area contributed by atoms with Crippen LogP contribution in [-0.4, -0.2) is 65.7 Å². The summed E-state index contributed by atoms with van der Waals surface area (Å²) in [5.41, 5.74) is 1.49. The van der Waals surface area contributed by atoms with Gasteiger partial charge in [-0.2, -0.15) is 0 Å². The molecule has 1 N–H and O–H groups in total. The molecule has 3 atom stereocenters. The van der Waals surface area contributed by atoms with E-state index in [2.05, 4.69) is 4.90 Å². The summed E-state index contributed by atoms with van der Waals surface area (Å²) in [5.74, 6) is -0.475. The molecule has 2 saturated heterocycles. The predicted octanol–water partition coefficient (Wildman–Crippen LogP) is 3.64. The number of rotatable bonds is 4. The second-order valence-corrected chi connectivity index (χ2v) is 9.53. The highest BCUT2D eigenvalue weighted by Gasteiger charge is 2.42. The number of halogens is 3. The summed E-state index contributed by atoms with van der Waals surface area (Å²) in [7, 11) is 1.55. The third-order valence-electron chi connectivity index (χ3n) is 6.49. The summed E-state index contributed by atoms with van der Waals surface area (Å²) >= 11 is 12.6. The van der Waals surface area contributed by atoms with Crippen LogP contribution in [0.2, 0.25) is 10.0 Å². The summed E-state index contributed by atoms with van der Waals surface area (Å²) in [6.07, 6.45) is -0.00931. The quantitative estimate of drug-likeness (QED) is 0.658. The van der Waals surface area contributed by atoms with Gasteiger partial charge in [0, 0.05) is 36.8 Å². The average molecular weight is 494 g/mol. The molecular weight excluding hydrogens is 472 g/mol. The zero-order chi connectivity index (χ0) is 23.4. The minimum atomic E-state index is -0.598. The highest BCUT2D eigenvalue weighted by molar-refractivity contribution is 6.32. The first-order chi connectivity index (χ1) is 15.7. The van der Waals surface area contributed by atoms with Crippen molar-refractivity contribution in [2.45, 2.75) is 31.1 Å². The number of benzene rings is 2. The fourth-order valence-corrected chi connectivity index (χ4v) is 5.25. The van der Waals surface area contributed by atoms with Crippen LogP contribution in [0.3, 0.4) is 0 Å². The Morgan fingerprint density at radius 1 is 1.18 bits per heavy atom. The highest BCUT2D eigenvalue weighted by atomic mass is 35.5. The molecule has 3 amide bonds. The Morgan fingerprint density at radius 2 is 1.97 bits per heavy atom. The topological polar surface area (TPSA) is 73.3 Å². The van der Waals surface area contributed by atoms with Crippen molar-refractivity contribution in [2.75, 3.05) is 31.6 Å². The van der Waals surface area contributed by atoms with Gasteiger partial charge < -0.3 is 14.7 Å². The first-order valence-electron chi connectivity index (χ1n) is 10.7. The third kappa shape index (κ3) is 3.95. The Hall–Kier alpha value is -2.39. The molecule has 0 aromatic heterocycles. The maximum absolute atomic E-state index is 14.8. The van der Waals surface area contributed by atoms with Crippen molar-refractivity contribution in [1.82, 2.24) is 9.80 Å². The molecule has 7 nitrogen and oxygen atoms in total. The number of hydrogen-bond donors (Lipinski definition) is 1. The van der Waals surface area contributed by atoms with E-state index in [1.54, 1.807) is 31.3 Å². The minimum absolute atomic E-state index is 0.00914. The zero-order valence-electron chi connectivity index (χ0n) is 17.8. The van der Waals surface area contributed by atoms with E-state index in [-0.39, 0.29) is 29.3 Å². The molecule has 5 rings (SSSR count). The van der Waals surface area contributed by atoms with Gasteiger partial charge in [-0.15, -0.1) is 0 Å². The average Bonchev–Trinajstić information content (AvgIpc) is 3.41. The molecule has 174 valence electrons. The molecule has 0 bridgehead atoms. The number of likely N-dealkylation sites (tertiary alicyclic amines) is 1. The molecule has 2 aromatic rings. The maximum Gasteiger partial charge on any atom is 0.331 e. The number of β-amino-alcohol motifs (C(OH)–C–C–N with tert-alkyl or cyclic N) is 1. The van der Waals surface area contributed by atoms with Crippen molar-refractivity contribution >= 4 is 40.8 Å². The first kappa shape index (κ1) is 22.4. The summed E-state index contributed by atoms with van der Waals surface area (Å²) < 4.78 is 21.1. The number of urea groups is 1. The molecular formula is C23H22Cl2FN3O4. The Kier molecular flexibility index (Phi) is 5.73. The number of aliphatic hydroxyl groups excluding tert-OH is 1. The summed E-state index contributed by atoms with van der Waals surface area (Å²) in [6.45, 7) is 1.11. The van der Waals surface area contributed by atoms with Gasteiger partial charge in [-0.25, -0.2) is 14.1 Å². The minimum Gasteiger partial charge on any atom is -0.482 e. The van der Waals surface area contributed by atoms with Crippen LogP contribution in [0.5, 0.6) is 5.75 Å². The van der Waals surface area contributed by atoms with Gasteiger partial charge in [0.15, 0.2) is 0 Å². The number of likely N-dealkylation sites (N-methyl/N-ethyl adjacent to an activating group) is 1. The van der Waals surface area contributed by atoms with Gasteiger partial charge in [0.1, 0.15) is 24.2 Å². The number of imide groups is 1. The molecule has 1 aliphatic carbocycles. The second-order valence-electron chi connectivity index (χ2n) is 8.69. The molecule has 1 unspecified atom stereocenters. The van der Waals surface area contributed by atoms with Crippen molar-refractivity contribution in [1.29, 1.82) is 0 Å². The molecule has 33 heavy (non-hydrogen) atoms. The molecule has 0 radical (unpaired) electrons. The van der Waals surface area contributed by atoms with E-state index >= 15 is 0 Å². The smallest absolute Gasteiger partial charge is 0.331 e. The van der Waals surface area contributed by atoms with E-state index < -0.39 is 24.1 Å². The van der Waals surface area contributed by atoms with Crippen LogP contribution in [0, 0.1) is 5.82 Å². The van der Waals surface area contributed by atoms with Crippen molar-refractivity contribution < 1.29 is 23.8 Å². The number of fused-ring (bicyclic) bond motifs is 1. The van der Waals surface area contributed by atoms with Crippen LogP contribution in [-0.2, 0) is 11.2 Å². The monoisotopic (exact) mass is 493 g/mol. The lowest BCUT2D eigenvalue weighted by molar-refractivity contribution is -0.116. The molecule has 2 heterocycles. The van der Waals surface area contributed by atoms with Crippen LogP contribution < -0.4 is 9.64 Å². The van der Waals surface area contributed by atoms with Gasteiger partial charge in [-0.05, 0) is 42.7 Å². The third-order valence-corrected chi connectivity index (χ3v) is 7.02. The zero-order valence-corrected chi connectivity index (χ0v) is 19.3. The number of ether oxygens (including phenoxy) is 1. The lowest BCUT2D eigenvalue weighted by atomic mass is 10.1. The van der Waals surface area contributed by atoms with E-state index in [4.69, 9.17) is 27.9 Å². The summed E-state index contributed by atoms with van der Waals surface area (Å²) in [6, 6.07) is 7.01. The Morgan fingerprint density at radius 3 is 2.64 bits per heavy atom. The molecule has 10 heteroatoms. The van der Waals surface area contributed by atoms with E-state index in [1.165, 1.54) is 11.0 Å². The maximum atomic E-state index is 14.8. The Balaban J connectivity index is 1.51. The number of carbonyl (C=O) groups is 2. The van der Waals surface area contributed by atoms with Crippen molar-refractivity contribution in [3.8, 4) is 5.75 Å². The predicted molar refractivity (Wildman–Crippen MR) is 121 cm³/mol. The Labute approximate surface area is 200 Å². The van der Waals surface area contributed by atoms with E-state index in [1.807, 2.05) is 0 Å². The number of anilines is 1. The van der Waals surface area contributed by atoms with Crippen LogP contribution in [0.1, 0.15) is 23.7 Å². The van der Waals surface area contributed by atoms with Crippen LogP contribution in [0.25, 0.3) is 0 Å². The molecule has 3 aliphatic rings. The lowest BCUT2D eigenvalue weighted by Gasteiger charge is -2.30. The van der Waals surface area contributed by atoms with Crippen LogP contribution in [0.15, 0.2) is 30.3 Å². The first-order valence-corrected chi connectivity index (χ1v) is 11.4.